The minimum atomic E-state index is 0.0227. The van der Waals surface area contributed by atoms with Crippen molar-refractivity contribution in [3.05, 3.63) is 65.2 Å². The molecule has 2 heterocycles. The molecule has 0 aromatic heterocycles. The highest BCUT2D eigenvalue weighted by Gasteiger charge is 2.28. The molecule has 4 nitrogen and oxygen atoms in total. The predicted molar refractivity (Wildman–Crippen MR) is 92.7 cm³/mol. The Morgan fingerprint density at radius 1 is 0.875 bits per heavy atom. The number of amides is 2. The van der Waals surface area contributed by atoms with Gasteiger partial charge in [-0.2, -0.15) is 0 Å². The summed E-state index contributed by atoms with van der Waals surface area (Å²) in [5.74, 6) is 0.0639. The van der Waals surface area contributed by atoms with Crippen LogP contribution in [0.15, 0.2) is 48.5 Å². The van der Waals surface area contributed by atoms with Crippen LogP contribution in [-0.2, 0) is 29.0 Å². The third kappa shape index (κ3) is 2.68. The van der Waals surface area contributed by atoms with Gasteiger partial charge >= 0.3 is 0 Å². The van der Waals surface area contributed by atoms with Gasteiger partial charge < -0.3 is 9.80 Å². The molecule has 0 atom stereocenters. The first-order valence-corrected chi connectivity index (χ1v) is 8.45. The van der Waals surface area contributed by atoms with Gasteiger partial charge in [-0.1, -0.05) is 42.5 Å². The van der Waals surface area contributed by atoms with E-state index in [0.717, 1.165) is 30.6 Å². The van der Waals surface area contributed by atoms with Gasteiger partial charge in [-0.3, -0.25) is 9.59 Å². The molecule has 122 valence electrons. The van der Waals surface area contributed by atoms with Crippen molar-refractivity contribution in [1.29, 1.82) is 0 Å². The molecule has 4 rings (SSSR count). The molecule has 0 saturated carbocycles. The van der Waals surface area contributed by atoms with E-state index in [2.05, 4.69) is 12.1 Å². The quantitative estimate of drug-likeness (QED) is 0.853. The lowest BCUT2D eigenvalue weighted by Crippen LogP contribution is -2.46. The molecular formula is C20H20N2O2. The van der Waals surface area contributed by atoms with E-state index >= 15 is 0 Å². The minimum Gasteiger partial charge on any atom is -0.336 e. The van der Waals surface area contributed by atoms with E-state index < -0.39 is 0 Å². The lowest BCUT2D eigenvalue weighted by molar-refractivity contribution is -0.132. The number of hydrogen-bond donors (Lipinski definition) is 0. The Kier molecular flexibility index (Phi) is 3.81. The first-order valence-electron chi connectivity index (χ1n) is 8.45. The fraction of sp³-hybridized carbons (Fsp3) is 0.300. The zero-order valence-corrected chi connectivity index (χ0v) is 13.6. The molecule has 0 bridgehead atoms. The molecule has 2 amide bonds. The Morgan fingerprint density at radius 2 is 1.58 bits per heavy atom. The van der Waals surface area contributed by atoms with Crippen LogP contribution in [0, 0.1) is 0 Å². The van der Waals surface area contributed by atoms with Crippen LogP contribution >= 0.6 is 0 Å². The van der Waals surface area contributed by atoms with E-state index in [1.165, 1.54) is 11.1 Å². The minimum absolute atomic E-state index is 0.0227. The standard InChI is InChI=1S/C20H20N2O2/c23-19-10-9-16-6-3-4-8-18(16)22(19)14-20(24)21-12-11-15-5-1-2-7-17(15)13-21/h1-8H,9-14H2. The van der Waals surface area contributed by atoms with Gasteiger partial charge in [-0.25, -0.2) is 0 Å². The number of carbonyl (C=O) groups is 2. The maximum atomic E-state index is 12.8. The lowest BCUT2D eigenvalue weighted by Gasteiger charge is -2.33. The number of fused-ring (bicyclic) bond motifs is 2. The zero-order valence-electron chi connectivity index (χ0n) is 13.6. The van der Waals surface area contributed by atoms with Crippen LogP contribution in [-0.4, -0.2) is 29.8 Å². The first kappa shape index (κ1) is 14.9. The summed E-state index contributed by atoms with van der Waals surface area (Å²) in [6.45, 7) is 1.50. The van der Waals surface area contributed by atoms with Gasteiger partial charge in [0.25, 0.3) is 0 Å². The van der Waals surface area contributed by atoms with Crippen LogP contribution in [0.25, 0.3) is 0 Å². The fourth-order valence-corrected chi connectivity index (χ4v) is 3.61. The highest BCUT2D eigenvalue weighted by atomic mass is 16.2. The van der Waals surface area contributed by atoms with E-state index in [4.69, 9.17) is 0 Å². The van der Waals surface area contributed by atoms with E-state index in [0.29, 0.717) is 13.0 Å². The van der Waals surface area contributed by atoms with Crippen LogP contribution in [0.2, 0.25) is 0 Å². The Bertz CT molecular complexity index is 800. The number of carbonyl (C=O) groups excluding carboxylic acids is 2. The van der Waals surface area contributed by atoms with Crippen molar-refractivity contribution in [3.63, 3.8) is 0 Å². The summed E-state index contributed by atoms with van der Waals surface area (Å²) in [5, 5.41) is 0. The second-order valence-electron chi connectivity index (χ2n) is 6.44. The normalized spacial score (nSPS) is 16.6. The monoisotopic (exact) mass is 320 g/mol. The van der Waals surface area contributed by atoms with Gasteiger partial charge in [0.05, 0.1) is 0 Å². The molecule has 4 heteroatoms. The molecule has 0 radical (unpaired) electrons. The van der Waals surface area contributed by atoms with Gasteiger partial charge in [0.2, 0.25) is 11.8 Å². The van der Waals surface area contributed by atoms with Crippen LogP contribution in [0.5, 0.6) is 0 Å². The highest BCUT2D eigenvalue weighted by Crippen LogP contribution is 2.28. The van der Waals surface area contributed by atoms with Crippen molar-refractivity contribution in [2.75, 3.05) is 18.0 Å². The van der Waals surface area contributed by atoms with Crippen molar-refractivity contribution in [2.45, 2.75) is 25.8 Å². The summed E-state index contributed by atoms with van der Waals surface area (Å²) >= 11 is 0. The molecule has 24 heavy (non-hydrogen) atoms. The topological polar surface area (TPSA) is 40.6 Å². The van der Waals surface area contributed by atoms with Gasteiger partial charge in [-0.05, 0) is 35.6 Å². The molecular weight excluding hydrogens is 300 g/mol. The van der Waals surface area contributed by atoms with Gasteiger partial charge in [0.1, 0.15) is 6.54 Å². The summed E-state index contributed by atoms with van der Waals surface area (Å²) < 4.78 is 0. The van der Waals surface area contributed by atoms with E-state index in [-0.39, 0.29) is 18.4 Å². The molecule has 2 aromatic rings. The van der Waals surface area contributed by atoms with Crippen molar-refractivity contribution in [1.82, 2.24) is 4.90 Å². The maximum Gasteiger partial charge on any atom is 0.242 e. The molecule has 0 fully saturated rings. The van der Waals surface area contributed by atoms with Gasteiger partial charge in [0, 0.05) is 25.2 Å². The van der Waals surface area contributed by atoms with Crippen molar-refractivity contribution in [2.24, 2.45) is 0 Å². The molecule has 0 aliphatic carbocycles. The van der Waals surface area contributed by atoms with Gasteiger partial charge in [-0.15, -0.1) is 0 Å². The van der Waals surface area contributed by atoms with Crippen molar-refractivity contribution in [3.8, 4) is 0 Å². The van der Waals surface area contributed by atoms with Gasteiger partial charge in [0.15, 0.2) is 0 Å². The Balaban J connectivity index is 1.52. The van der Waals surface area contributed by atoms with Crippen molar-refractivity contribution < 1.29 is 9.59 Å². The number of hydrogen-bond acceptors (Lipinski definition) is 2. The molecule has 2 aliphatic heterocycles. The van der Waals surface area contributed by atoms with Crippen molar-refractivity contribution >= 4 is 17.5 Å². The Labute approximate surface area is 141 Å². The summed E-state index contributed by atoms with van der Waals surface area (Å²) in [4.78, 5) is 28.6. The number of nitrogens with zero attached hydrogens (tertiary/aromatic N) is 2. The number of para-hydroxylation sites is 1. The van der Waals surface area contributed by atoms with E-state index in [1.54, 1.807) is 4.90 Å². The Morgan fingerprint density at radius 3 is 2.42 bits per heavy atom. The first-order chi connectivity index (χ1) is 11.7. The molecule has 0 spiro atoms. The number of rotatable bonds is 2. The largest absolute Gasteiger partial charge is 0.336 e. The summed E-state index contributed by atoms with van der Waals surface area (Å²) in [6, 6.07) is 16.1. The van der Waals surface area contributed by atoms with Crippen LogP contribution in [0.3, 0.4) is 0 Å². The predicted octanol–water partition coefficient (Wildman–Crippen LogP) is 2.55. The second kappa shape index (κ2) is 6.11. The van der Waals surface area contributed by atoms with Crippen LogP contribution < -0.4 is 4.90 Å². The second-order valence-corrected chi connectivity index (χ2v) is 6.44. The molecule has 2 aliphatic rings. The summed E-state index contributed by atoms with van der Waals surface area (Å²) in [5.41, 5.74) is 4.57. The SMILES string of the molecule is O=C(CN1C(=O)CCc2ccccc21)N1CCc2ccccc2C1. The van der Waals surface area contributed by atoms with E-state index in [1.807, 2.05) is 41.3 Å². The maximum absolute atomic E-state index is 12.8. The van der Waals surface area contributed by atoms with Crippen LogP contribution in [0.1, 0.15) is 23.1 Å². The highest BCUT2D eigenvalue weighted by molar-refractivity contribution is 6.01. The average Bonchev–Trinajstić information content (AvgIpc) is 2.63. The zero-order chi connectivity index (χ0) is 16.5. The third-order valence-corrected chi connectivity index (χ3v) is 4.97. The van der Waals surface area contributed by atoms with Crippen LogP contribution in [0.4, 0.5) is 5.69 Å². The summed E-state index contributed by atoms with van der Waals surface area (Å²) in [7, 11) is 0. The smallest absolute Gasteiger partial charge is 0.242 e. The molecule has 0 saturated heterocycles. The number of benzene rings is 2. The Hall–Kier alpha value is -2.62. The average molecular weight is 320 g/mol. The molecule has 0 N–H and O–H groups in total. The number of anilines is 1. The lowest BCUT2D eigenvalue weighted by atomic mass is 9.99. The molecule has 0 unspecified atom stereocenters. The number of aryl methyl sites for hydroxylation is 1. The summed E-state index contributed by atoms with van der Waals surface area (Å²) in [6.07, 6.45) is 2.12. The van der Waals surface area contributed by atoms with E-state index in [9.17, 15) is 9.59 Å². The molecule has 2 aromatic carbocycles. The fourth-order valence-electron chi connectivity index (χ4n) is 3.61. The third-order valence-electron chi connectivity index (χ3n) is 4.97.